The number of carbonyl (C=O) groups is 1. The number of carboxylic acid groups (broad SMARTS) is 1. The zero-order valence-corrected chi connectivity index (χ0v) is 9.52. The fourth-order valence-corrected chi connectivity index (χ4v) is 2.42. The van der Waals surface area contributed by atoms with Gasteiger partial charge in [-0.25, -0.2) is 0 Å². The van der Waals surface area contributed by atoms with Crippen LogP contribution >= 0.6 is 0 Å². The van der Waals surface area contributed by atoms with Crippen LogP contribution in [0.2, 0.25) is 0 Å². The molecule has 0 saturated carbocycles. The number of rotatable bonds is 3. The predicted molar refractivity (Wildman–Crippen MR) is 59.5 cm³/mol. The molecular weight excluding hydrogens is 208 g/mol. The Morgan fingerprint density at radius 3 is 3.06 bits per heavy atom. The first kappa shape index (κ1) is 11.8. The summed E-state index contributed by atoms with van der Waals surface area (Å²) in [7, 11) is 0. The average Bonchev–Trinajstić information content (AvgIpc) is 2.31. The van der Waals surface area contributed by atoms with Crippen LogP contribution in [0.5, 0.6) is 0 Å². The highest BCUT2D eigenvalue weighted by molar-refractivity contribution is 5.73. The highest BCUT2D eigenvalue weighted by Gasteiger charge is 2.30. The average molecular weight is 228 g/mol. The Bertz CT molecular complexity index is 241. The molecular formula is C11H20N2O3. The molecule has 2 fully saturated rings. The number of piperazine rings is 1. The number of hydrogen-bond donors (Lipinski definition) is 2. The van der Waals surface area contributed by atoms with E-state index in [0.29, 0.717) is 6.54 Å². The molecule has 0 bridgehead atoms. The molecule has 2 saturated heterocycles. The van der Waals surface area contributed by atoms with Crippen molar-refractivity contribution >= 4 is 5.97 Å². The van der Waals surface area contributed by atoms with E-state index in [1.54, 1.807) is 0 Å². The molecule has 0 aromatic carbocycles. The van der Waals surface area contributed by atoms with Gasteiger partial charge in [-0.1, -0.05) is 0 Å². The molecule has 5 heteroatoms. The van der Waals surface area contributed by atoms with Crippen LogP contribution in [-0.2, 0) is 9.53 Å². The van der Waals surface area contributed by atoms with E-state index in [1.807, 2.05) is 4.90 Å². The summed E-state index contributed by atoms with van der Waals surface area (Å²) in [4.78, 5) is 13.1. The summed E-state index contributed by atoms with van der Waals surface area (Å²) < 4.78 is 5.65. The Morgan fingerprint density at radius 1 is 1.50 bits per heavy atom. The Kier molecular flexibility index (Phi) is 4.15. The first-order valence-corrected chi connectivity index (χ1v) is 6.06. The number of aliphatic carboxylic acids is 1. The summed E-state index contributed by atoms with van der Waals surface area (Å²) in [6.07, 6.45) is 3.64. The Hall–Kier alpha value is -0.650. The summed E-state index contributed by atoms with van der Waals surface area (Å²) in [5.74, 6) is -0.733. The van der Waals surface area contributed by atoms with E-state index in [0.717, 1.165) is 39.1 Å². The third-order valence-corrected chi connectivity index (χ3v) is 3.35. The van der Waals surface area contributed by atoms with E-state index >= 15 is 0 Å². The second-order valence-electron chi connectivity index (χ2n) is 4.54. The van der Waals surface area contributed by atoms with Crippen LogP contribution < -0.4 is 5.32 Å². The number of hydrogen-bond acceptors (Lipinski definition) is 4. The van der Waals surface area contributed by atoms with Crippen molar-refractivity contribution in [1.82, 2.24) is 10.2 Å². The van der Waals surface area contributed by atoms with Gasteiger partial charge in [0.25, 0.3) is 0 Å². The Balaban J connectivity index is 1.87. The zero-order chi connectivity index (χ0) is 11.4. The molecule has 0 radical (unpaired) electrons. The van der Waals surface area contributed by atoms with E-state index < -0.39 is 5.97 Å². The molecule has 0 aromatic rings. The fraction of sp³-hybridized carbons (Fsp3) is 0.909. The van der Waals surface area contributed by atoms with E-state index in [9.17, 15) is 4.79 Å². The molecule has 2 unspecified atom stereocenters. The summed E-state index contributed by atoms with van der Waals surface area (Å²) in [5, 5.41) is 12.2. The molecule has 2 atom stereocenters. The Morgan fingerprint density at radius 2 is 2.38 bits per heavy atom. The van der Waals surface area contributed by atoms with Gasteiger partial charge in [0.15, 0.2) is 0 Å². The lowest BCUT2D eigenvalue weighted by atomic mass is 10.1. The van der Waals surface area contributed by atoms with E-state index in [1.165, 1.54) is 6.42 Å². The number of carboxylic acids is 1. The van der Waals surface area contributed by atoms with Gasteiger partial charge >= 0.3 is 5.97 Å². The molecule has 0 spiro atoms. The monoisotopic (exact) mass is 228 g/mol. The van der Waals surface area contributed by atoms with E-state index in [4.69, 9.17) is 9.84 Å². The molecule has 0 amide bonds. The molecule has 2 heterocycles. The largest absolute Gasteiger partial charge is 0.480 e. The smallest absolute Gasteiger partial charge is 0.322 e. The van der Waals surface area contributed by atoms with Gasteiger partial charge < -0.3 is 15.2 Å². The highest BCUT2D eigenvalue weighted by Crippen LogP contribution is 2.15. The molecule has 2 aliphatic heterocycles. The van der Waals surface area contributed by atoms with E-state index in [-0.39, 0.29) is 12.1 Å². The predicted octanol–water partition coefficient (Wildman–Crippen LogP) is -0.0861. The van der Waals surface area contributed by atoms with Gasteiger partial charge in [0.2, 0.25) is 0 Å². The lowest BCUT2D eigenvalue weighted by molar-refractivity contribution is -0.145. The summed E-state index contributed by atoms with van der Waals surface area (Å²) in [6.45, 7) is 3.81. The second-order valence-corrected chi connectivity index (χ2v) is 4.54. The van der Waals surface area contributed by atoms with Crippen molar-refractivity contribution in [3.8, 4) is 0 Å². The molecule has 5 nitrogen and oxygen atoms in total. The first-order valence-electron chi connectivity index (χ1n) is 6.06. The van der Waals surface area contributed by atoms with Gasteiger partial charge in [0, 0.05) is 32.8 Å². The van der Waals surface area contributed by atoms with Crippen LogP contribution in [-0.4, -0.2) is 60.9 Å². The molecule has 16 heavy (non-hydrogen) atoms. The SMILES string of the molecule is O=C(O)C1CNCCN1CC1CCCCO1. The Labute approximate surface area is 95.8 Å². The molecule has 0 aromatic heterocycles. The third-order valence-electron chi connectivity index (χ3n) is 3.35. The van der Waals surface area contributed by atoms with Crippen LogP contribution in [0.4, 0.5) is 0 Å². The van der Waals surface area contributed by atoms with Crippen molar-refractivity contribution in [3.63, 3.8) is 0 Å². The second kappa shape index (κ2) is 5.61. The van der Waals surface area contributed by atoms with Crippen molar-refractivity contribution in [2.75, 3.05) is 32.8 Å². The quantitative estimate of drug-likeness (QED) is 0.707. The highest BCUT2D eigenvalue weighted by atomic mass is 16.5. The van der Waals surface area contributed by atoms with Gasteiger partial charge in [-0.2, -0.15) is 0 Å². The zero-order valence-electron chi connectivity index (χ0n) is 9.52. The summed E-state index contributed by atoms with van der Waals surface area (Å²) in [5.41, 5.74) is 0. The van der Waals surface area contributed by atoms with Gasteiger partial charge in [-0.15, -0.1) is 0 Å². The standard InChI is InChI=1S/C11H20N2O3/c14-11(15)10-7-12-4-5-13(10)8-9-3-1-2-6-16-9/h9-10,12H,1-8H2,(H,14,15). The first-order chi connectivity index (χ1) is 7.77. The maximum absolute atomic E-state index is 11.1. The summed E-state index contributed by atoms with van der Waals surface area (Å²) in [6, 6.07) is -0.390. The number of nitrogens with one attached hydrogen (secondary N) is 1. The van der Waals surface area contributed by atoms with E-state index in [2.05, 4.69) is 5.32 Å². The lowest BCUT2D eigenvalue weighted by Gasteiger charge is -2.36. The van der Waals surface area contributed by atoms with Crippen LogP contribution in [0.15, 0.2) is 0 Å². The molecule has 2 aliphatic rings. The van der Waals surface area contributed by atoms with Crippen molar-refractivity contribution in [2.45, 2.75) is 31.4 Å². The van der Waals surface area contributed by atoms with Gasteiger partial charge in [-0.05, 0) is 19.3 Å². The van der Waals surface area contributed by atoms with Crippen LogP contribution in [0.25, 0.3) is 0 Å². The molecule has 92 valence electrons. The van der Waals surface area contributed by atoms with Crippen LogP contribution in [0.1, 0.15) is 19.3 Å². The van der Waals surface area contributed by atoms with Gasteiger partial charge in [-0.3, -0.25) is 9.69 Å². The maximum Gasteiger partial charge on any atom is 0.322 e. The van der Waals surface area contributed by atoms with Crippen molar-refractivity contribution in [1.29, 1.82) is 0 Å². The fourth-order valence-electron chi connectivity index (χ4n) is 2.42. The summed E-state index contributed by atoms with van der Waals surface area (Å²) >= 11 is 0. The normalized spacial score (nSPS) is 32.5. The molecule has 2 rings (SSSR count). The molecule has 2 N–H and O–H groups in total. The van der Waals surface area contributed by atoms with Crippen molar-refractivity contribution in [2.24, 2.45) is 0 Å². The van der Waals surface area contributed by atoms with Crippen LogP contribution in [0, 0.1) is 0 Å². The minimum Gasteiger partial charge on any atom is -0.480 e. The maximum atomic E-state index is 11.1. The lowest BCUT2D eigenvalue weighted by Crippen LogP contribution is -2.56. The minimum atomic E-state index is -0.733. The van der Waals surface area contributed by atoms with Crippen LogP contribution in [0.3, 0.4) is 0 Å². The van der Waals surface area contributed by atoms with Gasteiger partial charge in [0.05, 0.1) is 6.10 Å². The third kappa shape index (κ3) is 2.93. The topological polar surface area (TPSA) is 61.8 Å². The molecule has 0 aliphatic carbocycles. The number of nitrogens with zero attached hydrogens (tertiary/aromatic N) is 1. The van der Waals surface area contributed by atoms with Crippen molar-refractivity contribution in [3.05, 3.63) is 0 Å². The van der Waals surface area contributed by atoms with Gasteiger partial charge in [0.1, 0.15) is 6.04 Å². The number of ether oxygens (including phenoxy) is 1. The van der Waals surface area contributed by atoms with Crippen molar-refractivity contribution < 1.29 is 14.6 Å². The minimum absolute atomic E-state index is 0.230.